The summed E-state index contributed by atoms with van der Waals surface area (Å²) < 4.78 is 11.2. The lowest BCUT2D eigenvalue weighted by Crippen LogP contribution is -2.36. The highest BCUT2D eigenvalue weighted by molar-refractivity contribution is 8.03. The highest BCUT2D eigenvalue weighted by atomic mass is 32.2. The molecule has 53 heavy (non-hydrogen) atoms. The third-order valence-corrected chi connectivity index (χ3v) is 11.0. The Kier molecular flexibility index (Phi) is 15.8. The Bertz CT molecular complexity index is 1780. The first-order chi connectivity index (χ1) is 25.0. The van der Waals surface area contributed by atoms with Gasteiger partial charge in [0.15, 0.2) is 11.3 Å². The maximum atomic E-state index is 11.9. The van der Waals surface area contributed by atoms with Crippen LogP contribution >= 0.6 is 11.8 Å². The fourth-order valence-corrected chi connectivity index (χ4v) is 7.92. The van der Waals surface area contributed by atoms with Crippen LogP contribution in [0.3, 0.4) is 0 Å². The van der Waals surface area contributed by atoms with Gasteiger partial charge in [-0.2, -0.15) is 15.8 Å². The average Bonchev–Trinajstić information content (AvgIpc) is 3.35. The number of carbonyl (C=O) groups excluding carboxylic acids is 1. The second-order valence-corrected chi connectivity index (χ2v) is 17.5. The monoisotopic (exact) mass is 757 g/mol. The van der Waals surface area contributed by atoms with Crippen LogP contribution in [0.2, 0.25) is 6.04 Å². The number of amides is 1. The number of carbonyl (C=O) groups is 1. The fourth-order valence-electron chi connectivity index (χ4n) is 5.98. The summed E-state index contributed by atoms with van der Waals surface area (Å²) in [5, 5.41) is 31.3. The summed E-state index contributed by atoms with van der Waals surface area (Å²) >= 11 is 1.88. The van der Waals surface area contributed by atoms with E-state index in [-0.39, 0.29) is 47.9 Å². The first kappa shape index (κ1) is 42.9. The number of allylic oxidation sites excluding steroid dienone is 7. The Balaban J connectivity index is 1.79. The molecule has 11 nitrogen and oxygen atoms in total. The molecule has 13 heteroatoms. The van der Waals surface area contributed by atoms with Crippen LogP contribution in [-0.4, -0.2) is 67.4 Å². The summed E-state index contributed by atoms with van der Waals surface area (Å²) in [7, 11) is -2.18. The fraction of sp³-hybridized carbons (Fsp3) is 0.450. The van der Waals surface area contributed by atoms with E-state index in [2.05, 4.69) is 62.5 Å². The molecular formula is C40H51N5O6SSi. The topological polar surface area (TPSA) is 183 Å². The number of likely N-dealkylation sites (N-methyl/N-ethyl adjacent to an activating group) is 1. The molecule has 0 fully saturated rings. The third-order valence-electron chi connectivity index (χ3n) is 8.72. The number of nitriles is 3. The molecule has 1 aliphatic carbocycles. The van der Waals surface area contributed by atoms with Crippen molar-refractivity contribution in [1.29, 1.82) is 15.8 Å². The van der Waals surface area contributed by atoms with Crippen molar-refractivity contribution in [2.24, 2.45) is 5.41 Å². The van der Waals surface area contributed by atoms with Crippen LogP contribution in [0, 0.1) is 39.4 Å². The lowest BCUT2D eigenvalue weighted by Gasteiger charge is -2.34. The number of benzene rings is 1. The van der Waals surface area contributed by atoms with Gasteiger partial charge in [-0.05, 0) is 79.5 Å². The van der Waals surface area contributed by atoms with E-state index >= 15 is 0 Å². The van der Waals surface area contributed by atoms with Crippen molar-refractivity contribution in [3.05, 3.63) is 92.7 Å². The molecular weight excluding hydrogens is 707 g/mol. The summed E-state index contributed by atoms with van der Waals surface area (Å²) in [4.78, 5) is 42.3. The quantitative estimate of drug-likeness (QED) is 0.0761. The van der Waals surface area contributed by atoms with Gasteiger partial charge in [0.1, 0.15) is 36.0 Å². The van der Waals surface area contributed by atoms with Crippen molar-refractivity contribution < 1.29 is 28.7 Å². The predicted molar refractivity (Wildman–Crippen MR) is 211 cm³/mol. The molecule has 1 amide bonds. The van der Waals surface area contributed by atoms with Crippen LogP contribution in [-0.2, 0) is 9.47 Å². The molecule has 1 heterocycles. The van der Waals surface area contributed by atoms with E-state index in [0.29, 0.717) is 12.1 Å². The minimum Gasteiger partial charge on any atom is -0.480 e. The number of ether oxygens (including phenoxy) is 2. The third kappa shape index (κ3) is 13.1. The first-order valence-electron chi connectivity index (χ1n) is 17.7. The maximum Gasteiger partial charge on any atom is 0.492 e. The van der Waals surface area contributed by atoms with Crippen molar-refractivity contribution >= 4 is 38.4 Å². The van der Waals surface area contributed by atoms with Crippen molar-refractivity contribution in [3.63, 3.8) is 0 Å². The van der Waals surface area contributed by atoms with Crippen molar-refractivity contribution in [1.82, 2.24) is 5.32 Å². The molecule has 0 unspecified atom stereocenters. The Hall–Kier alpha value is -4.55. The average molecular weight is 758 g/mol. The van der Waals surface area contributed by atoms with Gasteiger partial charge in [-0.3, -0.25) is 0 Å². The van der Waals surface area contributed by atoms with Crippen molar-refractivity contribution in [3.8, 4) is 18.2 Å². The Morgan fingerprint density at radius 3 is 2.38 bits per heavy atom. The molecule has 0 bridgehead atoms. The standard InChI is InChI=1S/C40H51N5O6SSi/c1-7-8-22-52-37-30(11-9-12-35-34(28-43)36(32(26-41)27-42)51-40(35,4)5)24-39(2,3)25-31(37)16-13-29-14-17-33(18-15-29)45(6)20-21-50-38(46)44-19-10-23-53(47,48)49/h9,11-18,47-49H,7-8,10,19-25H2,1-6H3,(H,44,46)/b12-9+,16-13+,30-11+. The van der Waals surface area contributed by atoms with E-state index in [0.717, 1.165) is 42.7 Å². The number of nitrogens with one attached hydrogen (secondary N) is 1. The van der Waals surface area contributed by atoms with Gasteiger partial charge in [0, 0.05) is 35.8 Å². The van der Waals surface area contributed by atoms with Gasteiger partial charge in [-0.25, -0.2) is 4.79 Å². The summed E-state index contributed by atoms with van der Waals surface area (Å²) in [6.07, 6.45) is 13.9. The maximum absolute atomic E-state index is 11.9. The van der Waals surface area contributed by atoms with E-state index in [4.69, 9.17) is 23.9 Å². The lowest BCUT2D eigenvalue weighted by atomic mass is 9.74. The van der Waals surface area contributed by atoms with Crippen LogP contribution in [0.5, 0.6) is 0 Å². The van der Waals surface area contributed by atoms with Gasteiger partial charge in [0.05, 0.1) is 6.54 Å². The van der Waals surface area contributed by atoms with E-state index in [1.165, 1.54) is 16.1 Å². The highest BCUT2D eigenvalue weighted by Crippen LogP contribution is 2.47. The zero-order chi connectivity index (χ0) is 39.2. The van der Waals surface area contributed by atoms with Crippen molar-refractivity contribution in [2.45, 2.75) is 78.4 Å². The van der Waals surface area contributed by atoms with Gasteiger partial charge < -0.3 is 34.1 Å². The minimum atomic E-state index is -4.10. The van der Waals surface area contributed by atoms with Crippen LogP contribution in [0.25, 0.3) is 6.08 Å². The zero-order valence-corrected chi connectivity index (χ0v) is 33.3. The molecule has 0 atom stereocenters. The highest BCUT2D eigenvalue weighted by Gasteiger charge is 2.38. The summed E-state index contributed by atoms with van der Waals surface area (Å²) in [5.41, 5.74) is 4.26. The number of hydrogen-bond acceptors (Lipinski definition) is 11. The van der Waals surface area contributed by atoms with Crippen LogP contribution in [0.1, 0.15) is 72.3 Å². The molecule has 282 valence electrons. The van der Waals surface area contributed by atoms with Gasteiger partial charge in [0.2, 0.25) is 0 Å². The number of thioether (sulfide) groups is 1. The lowest BCUT2D eigenvalue weighted by molar-refractivity contribution is 0.0954. The van der Waals surface area contributed by atoms with Gasteiger partial charge in [-0.15, -0.1) is 11.8 Å². The molecule has 0 aromatic heterocycles. The summed E-state index contributed by atoms with van der Waals surface area (Å²) in [5.74, 6) is 1.03. The van der Waals surface area contributed by atoms with Gasteiger partial charge in [0.25, 0.3) is 0 Å². The second kappa shape index (κ2) is 19.5. The molecule has 4 N–H and O–H groups in total. The summed E-state index contributed by atoms with van der Waals surface area (Å²) in [6, 6.07) is 13.8. The number of anilines is 1. The van der Waals surface area contributed by atoms with Gasteiger partial charge >= 0.3 is 14.9 Å². The molecule has 3 rings (SSSR count). The van der Waals surface area contributed by atoms with Crippen LogP contribution in [0.4, 0.5) is 10.5 Å². The molecule has 1 aromatic carbocycles. The molecule has 0 spiro atoms. The van der Waals surface area contributed by atoms with E-state index in [1.54, 1.807) is 0 Å². The number of alkyl carbamates (subject to hydrolysis) is 1. The normalized spacial score (nSPS) is 17.5. The molecule has 0 saturated carbocycles. The molecule has 1 aromatic rings. The van der Waals surface area contributed by atoms with Crippen LogP contribution in [0.15, 0.2) is 87.1 Å². The number of nitrogens with zero attached hydrogens (tertiary/aromatic N) is 4. The summed E-state index contributed by atoms with van der Waals surface area (Å²) in [6.45, 7) is 11.2. The SMILES string of the molecule is CCCCSC1=C(/C=C/c2ccc(N(C)CCOC(=O)NCCC[Si](O)(O)O)cc2)CC(C)(C)C/C1=C\C=C\C1=C(C#N)C(=C(C#N)C#N)OC1(C)C. The van der Waals surface area contributed by atoms with Gasteiger partial charge in [-0.1, -0.05) is 69.7 Å². The zero-order valence-electron chi connectivity index (χ0n) is 31.5. The Morgan fingerprint density at radius 2 is 1.75 bits per heavy atom. The second-order valence-electron chi connectivity index (χ2n) is 14.4. The van der Waals surface area contributed by atoms with E-state index < -0.39 is 20.5 Å². The van der Waals surface area contributed by atoms with Crippen LogP contribution < -0.4 is 10.2 Å². The number of unbranched alkanes of at least 4 members (excludes halogenated alkanes) is 1. The molecule has 0 radical (unpaired) electrons. The Morgan fingerprint density at radius 1 is 1.06 bits per heavy atom. The molecule has 0 saturated heterocycles. The smallest absolute Gasteiger partial charge is 0.480 e. The molecule has 1 aliphatic heterocycles. The largest absolute Gasteiger partial charge is 0.492 e. The van der Waals surface area contributed by atoms with E-state index in [1.807, 2.05) is 74.0 Å². The number of rotatable bonds is 16. The predicted octanol–water partition coefficient (Wildman–Crippen LogP) is 7.19. The minimum absolute atomic E-state index is 0.0165. The number of hydrogen-bond donors (Lipinski definition) is 4. The van der Waals surface area contributed by atoms with Crippen molar-refractivity contribution in [2.75, 3.05) is 37.4 Å². The van der Waals surface area contributed by atoms with E-state index in [9.17, 15) is 20.6 Å². The Labute approximate surface area is 319 Å². The molecule has 2 aliphatic rings. The first-order valence-corrected chi connectivity index (χ1v) is 20.8.